The van der Waals surface area contributed by atoms with Crippen molar-refractivity contribution in [3.8, 4) is 0 Å². The molecule has 1 aromatic heterocycles. The number of carbonyl (C=O) groups excluding carboxylic acids is 1. The minimum absolute atomic E-state index is 0.0427. The lowest BCUT2D eigenvalue weighted by Crippen LogP contribution is -2.26. The Balaban J connectivity index is 2.37. The van der Waals surface area contributed by atoms with Gasteiger partial charge in [-0.15, -0.1) is 11.3 Å². The summed E-state index contributed by atoms with van der Waals surface area (Å²) in [5.41, 5.74) is -0.198. The molecule has 0 unspecified atom stereocenters. The molecule has 0 aliphatic heterocycles. The summed E-state index contributed by atoms with van der Waals surface area (Å²) in [5.74, 6) is -1.70. The van der Waals surface area contributed by atoms with Crippen LogP contribution in [0.3, 0.4) is 0 Å². The fourth-order valence-corrected chi connectivity index (χ4v) is 2.19. The van der Waals surface area contributed by atoms with Crippen molar-refractivity contribution in [1.29, 1.82) is 0 Å². The van der Waals surface area contributed by atoms with Crippen molar-refractivity contribution in [2.75, 3.05) is 6.54 Å². The van der Waals surface area contributed by atoms with Gasteiger partial charge in [0.2, 0.25) is 0 Å². The first kappa shape index (κ1) is 16.4. The molecule has 0 saturated heterocycles. The number of carboxylic acids is 1. The third-order valence-corrected chi connectivity index (χ3v) is 3.22. The average molecular weight is 310 g/mol. The number of carbonyl (C=O) groups is 2. The van der Waals surface area contributed by atoms with Crippen LogP contribution in [-0.2, 0) is 11.0 Å². The summed E-state index contributed by atoms with van der Waals surface area (Å²) >= 11 is 0.636. The lowest BCUT2D eigenvalue weighted by Gasteiger charge is -2.07. The highest BCUT2D eigenvalue weighted by atomic mass is 32.1. The number of hydrogen-bond acceptors (Lipinski definition) is 4. The third-order valence-electron chi connectivity index (χ3n) is 2.40. The normalized spacial score (nSPS) is 11.3. The predicted molar refractivity (Wildman–Crippen MR) is 65.6 cm³/mol. The molecule has 1 aromatic rings. The van der Waals surface area contributed by atoms with Gasteiger partial charge in [-0.1, -0.05) is 6.42 Å². The van der Waals surface area contributed by atoms with Crippen LogP contribution in [0.25, 0.3) is 0 Å². The molecule has 2 N–H and O–H groups in total. The monoisotopic (exact) mass is 310 g/mol. The number of aliphatic carboxylic acids is 1. The van der Waals surface area contributed by atoms with Crippen molar-refractivity contribution in [3.63, 3.8) is 0 Å². The Morgan fingerprint density at radius 2 is 2.00 bits per heavy atom. The van der Waals surface area contributed by atoms with Crippen LogP contribution in [0.4, 0.5) is 13.2 Å². The first-order chi connectivity index (χ1) is 9.32. The van der Waals surface area contributed by atoms with Crippen molar-refractivity contribution < 1.29 is 27.9 Å². The zero-order valence-corrected chi connectivity index (χ0v) is 11.2. The van der Waals surface area contributed by atoms with E-state index >= 15 is 0 Å². The fourth-order valence-electron chi connectivity index (χ4n) is 1.47. The SMILES string of the molecule is O=C(O)CCCCCNC(=O)c1scnc1C(F)(F)F. The van der Waals surface area contributed by atoms with Gasteiger partial charge in [-0.25, -0.2) is 4.98 Å². The van der Waals surface area contributed by atoms with Gasteiger partial charge in [0.05, 0.1) is 5.51 Å². The van der Waals surface area contributed by atoms with Gasteiger partial charge < -0.3 is 10.4 Å². The Kier molecular flexibility index (Phi) is 5.93. The molecule has 1 rings (SSSR count). The Hall–Kier alpha value is -1.64. The molecule has 112 valence electrons. The van der Waals surface area contributed by atoms with Gasteiger partial charge in [-0.2, -0.15) is 13.2 Å². The maximum absolute atomic E-state index is 12.5. The number of halogens is 3. The number of nitrogens with zero attached hydrogens (tertiary/aromatic N) is 1. The summed E-state index contributed by atoms with van der Waals surface area (Å²) in [7, 11) is 0. The van der Waals surface area contributed by atoms with Crippen LogP contribution in [0.15, 0.2) is 5.51 Å². The third kappa shape index (κ3) is 5.16. The summed E-state index contributed by atoms with van der Waals surface area (Å²) in [6, 6.07) is 0. The molecular weight excluding hydrogens is 297 g/mol. The smallest absolute Gasteiger partial charge is 0.434 e. The number of carboxylic acid groups (broad SMARTS) is 1. The number of nitrogens with one attached hydrogen (secondary N) is 1. The standard InChI is InChI=1S/C11H13F3N2O3S/c12-11(13,14)9-8(20-6-16-9)10(19)15-5-3-1-2-4-7(17)18/h6H,1-5H2,(H,15,19)(H,17,18). The highest BCUT2D eigenvalue weighted by Crippen LogP contribution is 2.32. The van der Waals surface area contributed by atoms with E-state index in [0.29, 0.717) is 30.6 Å². The topological polar surface area (TPSA) is 79.3 Å². The maximum Gasteiger partial charge on any atom is 0.434 e. The molecule has 1 amide bonds. The zero-order chi connectivity index (χ0) is 15.2. The first-order valence-corrected chi connectivity index (χ1v) is 6.71. The van der Waals surface area contributed by atoms with Gasteiger partial charge in [-0.05, 0) is 12.8 Å². The van der Waals surface area contributed by atoms with Crippen LogP contribution in [-0.4, -0.2) is 28.5 Å². The second-order valence-electron chi connectivity index (χ2n) is 3.99. The summed E-state index contributed by atoms with van der Waals surface area (Å²) in [5, 5.41) is 10.8. The Bertz CT molecular complexity index is 474. The number of rotatable bonds is 7. The van der Waals surface area contributed by atoms with E-state index in [1.54, 1.807) is 0 Å². The van der Waals surface area contributed by atoms with E-state index in [0.717, 1.165) is 5.51 Å². The van der Waals surface area contributed by atoms with Gasteiger partial charge in [0.1, 0.15) is 4.88 Å². The van der Waals surface area contributed by atoms with E-state index in [4.69, 9.17) is 5.11 Å². The summed E-state index contributed by atoms with van der Waals surface area (Å²) in [6.07, 6.45) is -3.03. The highest BCUT2D eigenvalue weighted by molar-refractivity contribution is 7.11. The van der Waals surface area contributed by atoms with Gasteiger partial charge in [-0.3, -0.25) is 9.59 Å². The Labute approximate surface area is 116 Å². The largest absolute Gasteiger partial charge is 0.481 e. The molecular formula is C11H13F3N2O3S. The number of aromatic nitrogens is 1. The maximum atomic E-state index is 12.5. The molecule has 0 aliphatic rings. The van der Waals surface area contributed by atoms with E-state index in [1.807, 2.05) is 0 Å². The van der Waals surface area contributed by atoms with Crippen molar-refractivity contribution in [3.05, 3.63) is 16.1 Å². The molecule has 20 heavy (non-hydrogen) atoms. The van der Waals surface area contributed by atoms with Crippen LogP contribution in [0.5, 0.6) is 0 Å². The van der Waals surface area contributed by atoms with E-state index in [-0.39, 0.29) is 13.0 Å². The second-order valence-corrected chi connectivity index (χ2v) is 4.84. The Morgan fingerprint density at radius 1 is 1.30 bits per heavy atom. The second kappa shape index (κ2) is 7.22. The van der Waals surface area contributed by atoms with Crippen LogP contribution in [0, 0.1) is 0 Å². The molecule has 0 saturated carbocycles. The van der Waals surface area contributed by atoms with E-state index < -0.39 is 28.6 Å². The zero-order valence-electron chi connectivity index (χ0n) is 10.4. The van der Waals surface area contributed by atoms with E-state index in [2.05, 4.69) is 10.3 Å². The number of hydrogen-bond donors (Lipinski definition) is 2. The Morgan fingerprint density at radius 3 is 2.60 bits per heavy atom. The summed E-state index contributed by atoms with van der Waals surface area (Å²) < 4.78 is 37.5. The van der Waals surface area contributed by atoms with Crippen LogP contribution in [0.2, 0.25) is 0 Å². The molecule has 9 heteroatoms. The van der Waals surface area contributed by atoms with Crippen molar-refractivity contribution in [1.82, 2.24) is 10.3 Å². The number of thiazole rings is 1. The van der Waals surface area contributed by atoms with Crippen LogP contribution in [0.1, 0.15) is 41.0 Å². The van der Waals surface area contributed by atoms with Gasteiger partial charge in [0.25, 0.3) is 5.91 Å². The molecule has 0 aromatic carbocycles. The van der Waals surface area contributed by atoms with Crippen LogP contribution < -0.4 is 5.32 Å². The lowest BCUT2D eigenvalue weighted by molar-refractivity contribution is -0.141. The van der Waals surface area contributed by atoms with Crippen molar-refractivity contribution in [2.45, 2.75) is 31.9 Å². The molecule has 0 spiro atoms. The van der Waals surface area contributed by atoms with E-state index in [9.17, 15) is 22.8 Å². The number of unbranched alkanes of at least 4 members (excludes halogenated alkanes) is 2. The average Bonchev–Trinajstić information content (AvgIpc) is 2.81. The lowest BCUT2D eigenvalue weighted by atomic mass is 10.2. The summed E-state index contributed by atoms with van der Waals surface area (Å²) in [4.78, 5) is 24.5. The molecule has 1 heterocycles. The molecule has 0 fully saturated rings. The van der Waals surface area contributed by atoms with E-state index in [1.165, 1.54) is 0 Å². The number of alkyl halides is 3. The highest BCUT2D eigenvalue weighted by Gasteiger charge is 2.38. The quantitative estimate of drug-likeness (QED) is 0.759. The van der Waals surface area contributed by atoms with Gasteiger partial charge >= 0.3 is 12.1 Å². The number of amides is 1. The predicted octanol–water partition coefficient (Wildman–Crippen LogP) is 2.54. The first-order valence-electron chi connectivity index (χ1n) is 5.83. The minimum atomic E-state index is -4.64. The minimum Gasteiger partial charge on any atom is -0.481 e. The molecule has 0 atom stereocenters. The molecule has 0 aliphatic carbocycles. The van der Waals surface area contributed by atoms with Gasteiger partial charge in [0, 0.05) is 13.0 Å². The van der Waals surface area contributed by atoms with Crippen LogP contribution >= 0.6 is 11.3 Å². The summed E-state index contributed by atoms with van der Waals surface area (Å²) in [6.45, 7) is 0.202. The molecule has 0 bridgehead atoms. The fraction of sp³-hybridized carbons (Fsp3) is 0.545. The van der Waals surface area contributed by atoms with Crippen molar-refractivity contribution in [2.24, 2.45) is 0 Å². The van der Waals surface area contributed by atoms with Crippen molar-refractivity contribution >= 4 is 23.2 Å². The molecule has 5 nitrogen and oxygen atoms in total. The molecule has 0 radical (unpaired) electrons. The van der Waals surface area contributed by atoms with Gasteiger partial charge in [0.15, 0.2) is 5.69 Å².